The summed E-state index contributed by atoms with van der Waals surface area (Å²) >= 11 is 0. The summed E-state index contributed by atoms with van der Waals surface area (Å²) in [6, 6.07) is -0.538. The van der Waals surface area contributed by atoms with Gasteiger partial charge in [0, 0.05) is 12.8 Å². The van der Waals surface area contributed by atoms with Crippen molar-refractivity contribution in [3.8, 4) is 0 Å². The molecule has 6 heteroatoms. The molecule has 0 aliphatic rings. The van der Waals surface area contributed by atoms with Crippen molar-refractivity contribution in [1.29, 1.82) is 0 Å². The first-order valence-corrected chi connectivity index (χ1v) is 36.1. The van der Waals surface area contributed by atoms with E-state index in [1.165, 1.54) is 327 Å². The third-order valence-corrected chi connectivity index (χ3v) is 17.0. The minimum atomic E-state index is -0.661. The molecule has 0 bridgehead atoms. The summed E-state index contributed by atoms with van der Waals surface area (Å²) in [6.45, 7) is 4.98. The number of esters is 1. The van der Waals surface area contributed by atoms with Gasteiger partial charge in [0.15, 0.2) is 0 Å². The van der Waals surface area contributed by atoms with Crippen LogP contribution in [0.5, 0.6) is 0 Å². The first-order valence-electron chi connectivity index (χ1n) is 36.1. The van der Waals surface area contributed by atoms with Gasteiger partial charge in [-0.15, -0.1) is 0 Å². The van der Waals surface area contributed by atoms with Crippen molar-refractivity contribution in [2.24, 2.45) is 0 Å². The van der Waals surface area contributed by atoms with E-state index in [2.05, 4.69) is 43.5 Å². The molecule has 0 aromatic heterocycles. The lowest BCUT2D eigenvalue weighted by atomic mass is 10.0. The van der Waals surface area contributed by atoms with E-state index in [1.807, 2.05) is 0 Å². The largest absolute Gasteiger partial charge is 0.466 e. The second-order valence-corrected chi connectivity index (χ2v) is 24.9. The van der Waals surface area contributed by atoms with E-state index in [1.54, 1.807) is 0 Å². The van der Waals surface area contributed by atoms with Gasteiger partial charge in [-0.3, -0.25) is 9.59 Å². The van der Waals surface area contributed by atoms with E-state index in [-0.39, 0.29) is 18.5 Å². The van der Waals surface area contributed by atoms with Crippen molar-refractivity contribution in [1.82, 2.24) is 5.32 Å². The molecule has 0 saturated heterocycles. The van der Waals surface area contributed by atoms with Gasteiger partial charge in [0.05, 0.1) is 25.4 Å². The molecule has 0 radical (unpaired) electrons. The summed E-state index contributed by atoms with van der Waals surface area (Å²) in [7, 11) is 0. The fraction of sp³-hybridized carbons (Fsp3) is 0.918. The Kier molecular flexibility index (Phi) is 67.4. The lowest BCUT2D eigenvalue weighted by Crippen LogP contribution is -2.45. The van der Waals surface area contributed by atoms with Crippen molar-refractivity contribution in [3.05, 3.63) is 24.3 Å². The molecule has 1 amide bonds. The second-order valence-electron chi connectivity index (χ2n) is 24.9. The monoisotopic (exact) mass is 1110 g/mol. The number of amides is 1. The Balaban J connectivity index is 3.35. The molecule has 468 valence electrons. The number of unbranched alkanes of at least 4 members (excludes halogenated alkanes) is 53. The van der Waals surface area contributed by atoms with Gasteiger partial charge in [-0.2, -0.15) is 0 Å². The Bertz CT molecular complexity index is 1230. The molecule has 0 spiro atoms. The molecule has 2 unspecified atom stereocenters. The van der Waals surface area contributed by atoms with Crippen molar-refractivity contribution >= 4 is 11.9 Å². The van der Waals surface area contributed by atoms with Gasteiger partial charge < -0.3 is 20.3 Å². The first-order chi connectivity index (χ1) is 39.0. The van der Waals surface area contributed by atoms with Crippen LogP contribution in [0, 0.1) is 0 Å². The number of ether oxygens (including phenoxy) is 1. The normalized spacial score (nSPS) is 12.6. The maximum Gasteiger partial charge on any atom is 0.305 e. The zero-order valence-corrected chi connectivity index (χ0v) is 53.6. The fourth-order valence-corrected chi connectivity index (χ4v) is 11.5. The zero-order chi connectivity index (χ0) is 57.1. The van der Waals surface area contributed by atoms with Gasteiger partial charge in [-0.05, 0) is 57.8 Å². The Labute approximate surface area is 494 Å². The van der Waals surface area contributed by atoms with Gasteiger partial charge in [-0.1, -0.05) is 359 Å². The predicted octanol–water partition coefficient (Wildman–Crippen LogP) is 23.3. The Morgan fingerprint density at radius 2 is 0.633 bits per heavy atom. The van der Waals surface area contributed by atoms with Crippen LogP contribution < -0.4 is 5.32 Å². The van der Waals surface area contributed by atoms with E-state index in [0.29, 0.717) is 25.9 Å². The van der Waals surface area contributed by atoms with Crippen LogP contribution in [0.2, 0.25) is 0 Å². The number of rotatable bonds is 68. The summed E-state index contributed by atoms with van der Waals surface area (Å²) in [5.41, 5.74) is 0. The number of hydrogen-bond acceptors (Lipinski definition) is 5. The Morgan fingerprint density at radius 3 is 0.962 bits per heavy atom. The van der Waals surface area contributed by atoms with Crippen LogP contribution >= 0.6 is 0 Å². The number of nitrogens with one attached hydrogen (secondary N) is 1. The number of allylic oxidation sites excluding steroid dienone is 4. The van der Waals surface area contributed by atoms with Gasteiger partial charge in [-0.25, -0.2) is 0 Å². The van der Waals surface area contributed by atoms with Crippen molar-refractivity contribution in [2.75, 3.05) is 13.2 Å². The second kappa shape index (κ2) is 68.8. The molecule has 79 heavy (non-hydrogen) atoms. The van der Waals surface area contributed by atoms with Crippen LogP contribution in [0.3, 0.4) is 0 Å². The smallest absolute Gasteiger partial charge is 0.305 e. The van der Waals surface area contributed by atoms with E-state index < -0.39 is 12.1 Å². The molecule has 3 N–H and O–H groups in total. The van der Waals surface area contributed by atoms with Crippen LogP contribution in [-0.4, -0.2) is 47.4 Å². The highest BCUT2D eigenvalue weighted by Gasteiger charge is 2.20. The minimum Gasteiger partial charge on any atom is -0.466 e. The highest BCUT2D eigenvalue weighted by molar-refractivity contribution is 5.76. The van der Waals surface area contributed by atoms with Crippen molar-refractivity contribution in [2.45, 2.75) is 418 Å². The van der Waals surface area contributed by atoms with Gasteiger partial charge in [0.25, 0.3) is 0 Å². The summed E-state index contributed by atoms with van der Waals surface area (Å²) in [4.78, 5) is 24.5. The standard InChI is InChI=1S/C73H141NO5/c1-3-5-7-9-11-13-15-16-42-46-49-53-57-61-65-71(76)70(69-75)74-72(77)66-62-58-54-50-47-43-40-38-36-34-32-30-28-26-24-22-20-18-17-19-21-23-25-27-29-31-33-35-37-39-41-44-48-52-56-60-64-68-79-73(78)67-63-59-55-51-45-14-12-10-8-6-4-2/h17,19,23,25,70-71,75-76H,3-16,18,20-22,24,26-69H2,1-2H3,(H,74,77)/b19-17-,25-23-. The molecule has 0 aliphatic carbocycles. The zero-order valence-electron chi connectivity index (χ0n) is 53.6. The molecule has 0 aromatic rings. The lowest BCUT2D eigenvalue weighted by molar-refractivity contribution is -0.143. The SMILES string of the molecule is CCCCCCCCCCCCCCCCC(O)C(CO)NC(=O)CCCCCCCCCCCCCCCCCCC/C=C\C/C=C\CCCCCCCCCCCCCCCOC(=O)CCCCCCCCCCCCC. The summed E-state index contributed by atoms with van der Waals surface area (Å²) in [5, 5.41) is 23.3. The lowest BCUT2D eigenvalue weighted by Gasteiger charge is -2.22. The summed E-state index contributed by atoms with van der Waals surface area (Å²) in [6.07, 6.45) is 86.8. The number of aliphatic hydroxyl groups excluding tert-OH is 2. The quantitative estimate of drug-likeness (QED) is 0.0320. The van der Waals surface area contributed by atoms with Crippen molar-refractivity contribution in [3.63, 3.8) is 0 Å². The molecule has 0 aliphatic heterocycles. The number of carbonyl (C=O) groups is 2. The number of carbonyl (C=O) groups excluding carboxylic acids is 2. The van der Waals surface area contributed by atoms with Gasteiger partial charge in [0.2, 0.25) is 5.91 Å². The molecule has 0 aromatic carbocycles. The molecule has 0 rings (SSSR count). The molecule has 0 fully saturated rings. The first kappa shape index (κ1) is 77.3. The number of hydrogen-bond donors (Lipinski definition) is 3. The maximum atomic E-state index is 12.5. The van der Waals surface area contributed by atoms with E-state index in [4.69, 9.17) is 4.74 Å². The average molecular weight is 1110 g/mol. The topological polar surface area (TPSA) is 95.9 Å². The Hall–Kier alpha value is -1.66. The molecule has 0 heterocycles. The van der Waals surface area contributed by atoms with Crippen LogP contribution in [0.25, 0.3) is 0 Å². The number of aliphatic hydroxyl groups is 2. The van der Waals surface area contributed by atoms with Crippen LogP contribution in [0.1, 0.15) is 406 Å². The fourth-order valence-electron chi connectivity index (χ4n) is 11.5. The molecule has 0 saturated carbocycles. The molecular weight excluding hydrogens is 971 g/mol. The van der Waals surface area contributed by atoms with E-state index in [9.17, 15) is 19.8 Å². The minimum absolute atomic E-state index is 0.0190. The highest BCUT2D eigenvalue weighted by atomic mass is 16.5. The van der Waals surface area contributed by atoms with Crippen LogP contribution in [0.15, 0.2) is 24.3 Å². The third kappa shape index (κ3) is 65.4. The van der Waals surface area contributed by atoms with Crippen molar-refractivity contribution < 1.29 is 24.5 Å². The van der Waals surface area contributed by atoms with Gasteiger partial charge in [0.1, 0.15) is 0 Å². The summed E-state index contributed by atoms with van der Waals surface area (Å²) < 4.78 is 5.48. The van der Waals surface area contributed by atoms with Crippen LogP contribution in [-0.2, 0) is 14.3 Å². The summed E-state index contributed by atoms with van der Waals surface area (Å²) in [5.74, 6) is -0.0106. The van der Waals surface area contributed by atoms with E-state index >= 15 is 0 Å². The molecule has 6 nitrogen and oxygen atoms in total. The maximum absolute atomic E-state index is 12.5. The van der Waals surface area contributed by atoms with Crippen LogP contribution in [0.4, 0.5) is 0 Å². The van der Waals surface area contributed by atoms with Gasteiger partial charge >= 0.3 is 5.97 Å². The Morgan fingerprint density at radius 1 is 0.354 bits per heavy atom. The molecular formula is C73H141NO5. The van der Waals surface area contributed by atoms with E-state index in [0.717, 1.165) is 44.9 Å². The third-order valence-electron chi connectivity index (χ3n) is 17.0. The highest BCUT2D eigenvalue weighted by Crippen LogP contribution is 2.19. The molecule has 2 atom stereocenters. The predicted molar refractivity (Wildman–Crippen MR) is 347 cm³/mol. The average Bonchev–Trinajstić information content (AvgIpc) is 3.45.